The molecular formula is C2H3NO2Si. The van der Waals surface area contributed by atoms with Crippen LogP contribution in [0.3, 0.4) is 0 Å². The van der Waals surface area contributed by atoms with Crippen LogP contribution in [-0.4, -0.2) is 8.56 Å². The Morgan fingerprint density at radius 3 is 2.17 bits per heavy atom. The lowest BCUT2D eigenvalue weighted by Gasteiger charge is -1.62. The van der Waals surface area contributed by atoms with Crippen LogP contribution in [0, 0.1) is 11.0 Å². The van der Waals surface area contributed by atoms with Crippen molar-refractivity contribution in [2.24, 2.45) is 0 Å². The summed E-state index contributed by atoms with van der Waals surface area (Å²) in [4.78, 5) is 0. The van der Waals surface area contributed by atoms with Crippen molar-refractivity contribution in [3.8, 4) is 5.69 Å². The first-order chi connectivity index (χ1) is 2.77. The van der Waals surface area contributed by atoms with Crippen molar-refractivity contribution in [1.82, 2.24) is 0 Å². The van der Waals surface area contributed by atoms with Gasteiger partial charge in [0.25, 0.3) is 0 Å². The second-order valence-corrected chi connectivity index (χ2v) is 3.67. The third kappa shape index (κ3) is 0.430. The molecule has 4 heteroatoms. The van der Waals surface area contributed by atoms with Gasteiger partial charge in [-0.1, -0.05) is 0 Å². The fourth-order valence-electron chi connectivity index (χ4n) is 0.0998. The first-order valence-corrected chi connectivity index (χ1v) is 3.87. The highest BCUT2D eigenvalue weighted by Gasteiger charge is 2.50. The summed E-state index contributed by atoms with van der Waals surface area (Å²) in [5, 5.41) is 8.03. The minimum absolute atomic E-state index is 1.69. The molecule has 1 rings (SSSR count). The van der Waals surface area contributed by atoms with Gasteiger partial charge in [0.2, 0.25) is 0 Å². The molecule has 0 amide bonds. The number of nitriles is 1. The maximum atomic E-state index is 8.03. The van der Waals surface area contributed by atoms with E-state index in [-0.39, 0.29) is 0 Å². The zero-order valence-corrected chi connectivity index (χ0v) is 4.26. The number of hydrogen-bond acceptors (Lipinski definition) is 3. The SMILES string of the molecule is C[Si]1(C#N)OO1. The topological polar surface area (TPSA) is 48.9 Å². The zero-order valence-electron chi connectivity index (χ0n) is 3.26. The summed E-state index contributed by atoms with van der Waals surface area (Å²) in [7, 11) is -2.08. The van der Waals surface area contributed by atoms with E-state index in [0.29, 0.717) is 0 Å². The standard InChI is InChI=1S/C2H3NO2Si/c1-6(2-3)4-5-6/h1H3. The Morgan fingerprint density at radius 2 is 2.17 bits per heavy atom. The van der Waals surface area contributed by atoms with Gasteiger partial charge in [-0.15, -0.1) is 0 Å². The van der Waals surface area contributed by atoms with Gasteiger partial charge in [0, 0.05) is 0 Å². The Hall–Kier alpha value is -0.373. The molecular weight excluding hydrogens is 98.1 g/mol. The van der Waals surface area contributed by atoms with Crippen LogP contribution in [0.25, 0.3) is 0 Å². The minimum Gasteiger partial charge on any atom is -0.239 e. The first-order valence-electron chi connectivity index (χ1n) is 1.55. The van der Waals surface area contributed by atoms with Crippen LogP contribution in [0.4, 0.5) is 0 Å². The Balaban J connectivity index is 2.54. The highest BCUT2D eigenvalue weighted by atomic mass is 28.4. The number of rotatable bonds is 0. The molecule has 6 heavy (non-hydrogen) atoms. The number of nitrogens with zero attached hydrogens (tertiary/aromatic N) is 1. The van der Waals surface area contributed by atoms with Gasteiger partial charge in [0.1, 0.15) is 0 Å². The summed E-state index contributed by atoms with van der Waals surface area (Å²) in [6.07, 6.45) is 0. The molecule has 0 aromatic heterocycles. The van der Waals surface area contributed by atoms with E-state index in [1.54, 1.807) is 6.55 Å². The maximum Gasteiger partial charge on any atom is 0.506 e. The molecule has 1 fully saturated rings. The fraction of sp³-hybridized carbons (Fsp3) is 0.500. The molecule has 0 aliphatic carbocycles. The van der Waals surface area contributed by atoms with Crippen molar-refractivity contribution in [2.75, 3.05) is 0 Å². The maximum absolute atomic E-state index is 8.03. The largest absolute Gasteiger partial charge is 0.506 e. The predicted octanol–water partition coefficient (Wildman–Crippen LogP) is 0.0830. The summed E-state index contributed by atoms with van der Waals surface area (Å²) in [6, 6.07) is 0. The Bertz CT molecular complexity index is 103. The lowest BCUT2D eigenvalue weighted by molar-refractivity contribution is 0.0850. The molecule has 0 bridgehead atoms. The molecule has 1 saturated heterocycles. The molecule has 0 radical (unpaired) electrons. The van der Waals surface area contributed by atoms with Crippen LogP contribution in [0.15, 0.2) is 0 Å². The second kappa shape index (κ2) is 0.818. The summed E-state index contributed by atoms with van der Waals surface area (Å²) in [5.41, 5.74) is 1.91. The summed E-state index contributed by atoms with van der Waals surface area (Å²) >= 11 is 0. The van der Waals surface area contributed by atoms with E-state index in [0.717, 1.165) is 0 Å². The minimum atomic E-state index is -2.08. The average molecular weight is 101 g/mol. The van der Waals surface area contributed by atoms with Crippen molar-refractivity contribution < 1.29 is 9.15 Å². The van der Waals surface area contributed by atoms with Crippen molar-refractivity contribution in [3.63, 3.8) is 0 Å². The average Bonchev–Trinajstić information content (AvgIpc) is 2.22. The highest BCUT2D eigenvalue weighted by Crippen LogP contribution is 2.20. The van der Waals surface area contributed by atoms with Crippen molar-refractivity contribution in [1.29, 1.82) is 5.26 Å². The van der Waals surface area contributed by atoms with Crippen LogP contribution in [0.5, 0.6) is 0 Å². The molecule has 0 aromatic rings. The molecule has 0 N–H and O–H groups in total. The third-order valence-corrected chi connectivity index (χ3v) is 1.61. The van der Waals surface area contributed by atoms with Crippen LogP contribution in [0.2, 0.25) is 6.55 Å². The molecule has 0 unspecified atom stereocenters. The van der Waals surface area contributed by atoms with E-state index in [4.69, 9.17) is 5.26 Å². The van der Waals surface area contributed by atoms with Gasteiger partial charge in [0.15, 0.2) is 0 Å². The summed E-state index contributed by atoms with van der Waals surface area (Å²) < 4.78 is 8.65. The van der Waals surface area contributed by atoms with Crippen LogP contribution in [0.1, 0.15) is 0 Å². The lowest BCUT2D eigenvalue weighted by Crippen LogP contribution is -2.03. The summed E-state index contributed by atoms with van der Waals surface area (Å²) in [6.45, 7) is 1.69. The van der Waals surface area contributed by atoms with E-state index < -0.39 is 8.56 Å². The molecule has 32 valence electrons. The smallest absolute Gasteiger partial charge is 0.239 e. The molecule has 3 nitrogen and oxygen atoms in total. The third-order valence-electron chi connectivity index (χ3n) is 0.536. The van der Waals surface area contributed by atoms with E-state index in [2.05, 4.69) is 9.15 Å². The highest BCUT2D eigenvalue weighted by molar-refractivity contribution is 6.78. The van der Waals surface area contributed by atoms with Crippen molar-refractivity contribution in [2.45, 2.75) is 6.55 Å². The van der Waals surface area contributed by atoms with Crippen molar-refractivity contribution >= 4 is 8.56 Å². The number of hydrogen-bond donors (Lipinski definition) is 0. The summed E-state index contributed by atoms with van der Waals surface area (Å²) in [5.74, 6) is 0. The molecule has 0 spiro atoms. The van der Waals surface area contributed by atoms with Gasteiger partial charge in [0.05, 0.1) is 5.69 Å². The Kier molecular flexibility index (Phi) is 0.519. The normalized spacial score (nSPS) is 25.3. The van der Waals surface area contributed by atoms with Crippen LogP contribution >= 0.6 is 0 Å². The van der Waals surface area contributed by atoms with Crippen LogP contribution < -0.4 is 0 Å². The van der Waals surface area contributed by atoms with Gasteiger partial charge in [-0.25, -0.2) is 14.4 Å². The Labute approximate surface area is 36.3 Å². The molecule has 1 aliphatic rings. The van der Waals surface area contributed by atoms with E-state index in [1.807, 2.05) is 5.69 Å². The van der Waals surface area contributed by atoms with Gasteiger partial charge < -0.3 is 0 Å². The molecule has 0 atom stereocenters. The van der Waals surface area contributed by atoms with Crippen LogP contribution in [-0.2, 0) is 9.15 Å². The van der Waals surface area contributed by atoms with Gasteiger partial charge in [-0.3, -0.25) is 0 Å². The Morgan fingerprint density at radius 1 is 1.67 bits per heavy atom. The quantitative estimate of drug-likeness (QED) is 0.247. The van der Waals surface area contributed by atoms with E-state index in [9.17, 15) is 0 Å². The van der Waals surface area contributed by atoms with Gasteiger partial charge in [-0.2, -0.15) is 0 Å². The molecule has 1 heterocycles. The van der Waals surface area contributed by atoms with Gasteiger partial charge in [-0.05, 0) is 6.55 Å². The first kappa shape index (κ1) is 3.80. The second-order valence-electron chi connectivity index (χ2n) is 1.22. The molecule has 0 aromatic carbocycles. The predicted molar refractivity (Wildman–Crippen MR) is 19.4 cm³/mol. The van der Waals surface area contributed by atoms with Gasteiger partial charge >= 0.3 is 8.56 Å². The van der Waals surface area contributed by atoms with E-state index >= 15 is 0 Å². The molecule has 0 saturated carbocycles. The molecule has 1 aliphatic heterocycles. The lowest BCUT2D eigenvalue weighted by atomic mass is 11.8. The monoisotopic (exact) mass is 101 g/mol. The fourth-order valence-corrected chi connectivity index (χ4v) is 0.674. The van der Waals surface area contributed by atoms with Crippen molar-refractivity contribution in [3.05, 3.63) is 0 Å². The zero-order chi connectivity index (χ0) is 4.62. The van der Waals surface area contributed by atoms with E-state index in [1.165, 1.54) is 0 Å².